The van der Waals surface area contributed by atoms with Crippen LogP contribution in [0.4, 0.5) is 0 Å². The number of ether oxygens (including phenoxy) is 1. The van der Waals surface area contributed by atoms with E-state index in [0.29, 0.717) is 6.54 Å². The molecule has 2 heterocycles. The summed E-state index contributed by atoms with van der Waals surface area (Å²) in [6.45, 7) is 2.41. The number of hydrogen-bond donors (Lipinski definition) is 2. The van der Waals surface area contributed by atoms with Crippen molar-refractivity contribution in [2.24, 2.45) is 5.92 Å². The molecule has 2 aromatic rings. The maximum atomic E-state index is 12.5. The van der Waals surface area contributed by atoms with Crippen LogP contribution in [0.25, 0.3) is 0 Å². The quantitative estimate of drug-likeness (QED) is 0.913. The van der Waals surface area contributed by atoms with Crippen molar-refractivity contribution in [3.8, 4) is 11.5 Å². The van der Waals surface area contributed by atoms with E-state index >= 15 is 0 Å². The van der Waals surface area contributed by atoms with E-state index in [1.165, 1.54) is 0 Å². The lowest BCUT2D eigenvalue weighted by Gasteiger charge is -2.29. The van der Waals surface area contributed by atoms with Crippen LogP contribution < -0.4 is 15.4 Å². The van der Waals surface area contributed by atoms with Crippen molar-refractivity contribution >= 4 is 5.91 Å². The molecule has 2 aliphatic heterocycles. The van der Waals surface area contributed by atoms with Crippen molar-refractivity contribution in [2.75, 3.05) is 19.6 Å². The number of piperidine rings is 1. The molecule has 4 rings (SSSR count). The molecule has 0 bridgehead atoms. The highest BCUT2D eigenvalue weighted by molar-refractivity contribution is 5.79. The fraction of sp³-hybridized carbons (Fsp3) is 0.350. The van der Waals surface area contributed by atoms with Crippen LogP contribution in [0.1, 0.15) is 29.9 Å². The Morgan fingerprint density at radius 3 is 2.38 bits per heavy atom. The number of carbonyl (C=O) groups excluding carboxylic acids is 1. The number of amides is 1. The summed E-state index contributed by atoms with van der Waals surface area (Å²) >= 11 is 0. The molecule has 0 aliphatic carbocycles. The Kier molecular flexibility index (Phi) is 4.22. The van der Waals surface area contributed by atoms with Crippen LogP contribution in [-0.2, 0) is 4.79 Å². The van der Waals surface area contributed by atoms with Crippen LogP contribution in [0, 0.1) is 5.92 Å². The van der Waals surface area contributed by atoms with Gasteiger partial charge in [0.2, 0.25) is 5.91 Å². The average Bonchev–Trinajstić information content (AvgIpc) is 2.65. The minimum Gasteiger partial charge on any atom is -0.457 e. The minimum absolute atomic E-state index is 0.0871. The second-order valence-corrected chi connectivity index (χ2v) is 6.52. The Labute approximate surface area is 142 Å². The van der Waals surface area contributed by atoms with Gasteiger partial charge in [-0.1, -0.05) is 36.4 Å². The predicted octanol–water partition coefficient (Wildman–Crippen LogP) is 3.04. The molecular formula is C20H22N2O2. The first-order valence-corrected chi connectivity index (χ1v) is 8.67. The highest BCUT2D eigenvalue weighted by Crippen LogP contribution is 2.43. The molecule has 2 aromatic carbocycles. The molecule has 0 spiro atoms. The molecule has 1 atom stereocenters. The second-order valence-electron chi connectivity index (χ2n) is 6.52. The molecule has 4 heteroatoms. The molecule has 1 amide bonds. The zero-order valence-electron chi connectivity index (χ0n) is 13.6. The smallest absolute Gasteiger partial charge is 0.224 e. The highest BCUT2D eigenvalue weighted by Gasteiger charge is 2.28. The molecule has 0 aromatic heterocycles. The summed E-state index contributed by atoms with van der Waals surface area (Å²) in [4.78, 5) is 12.5. The van der Waals surface area contributed by atoms with Gasteiger partial charge in [0.25, 0.3) is 0 Å². The number of hydrogen-bond acceptors (Lipinski definition) is 3. The van der Waals surface area contributed by atoms with Gasteiger partial charge in [-0.25, -0.2) is 0 Å². The van der Waals surface area contributed by atoms with Crippen LogP contribution in [0.15, 0.2) is 48.5 Å². The normalized spacial score (nSPS) is 19.8. The van der Waals surface area contributed by atoms with Crippen LogP contribution in [0.5, 0.6) is 11.5 Å². The molecule has 2 aliphatic rings. The number of carbonyl (C=O) groups is 1. The Morgan fingerprint density at radius 1 is 1.08 bits per heavy atom. The number of fused-ring (bicyclic) bond motifs is 2. The zero-order valence-corrected chi connectivity index (χ0v) is 13.6. The number of para-hydroxylation sites is 2. The van der Waals surface area contributed by atoms with Gasteiger partial charge in [0.15, 0.2) is 0 Å². The summed E-state index contributed by atoms with van der Waals surface area (Å²) in [5, 5.41) is 6.47. The molecular weight excluding hydrogens is 300 g/mol. The third-order valence-electron chi connectivity index (χ3n) is 4.96. The number of nitrogens with one attached hydrogen (secondary N) is 2. The van der Waals surface area contributed by atoms with E-state index in [4.69, 9.17) is 4.74 Å². The standard InChI is InChI=1S/C20H22N2O2/c23-20(14-6-5-11-21-12-14)22-13-17-15-7-1-3-9-18(15)24-19-10-4-2-8-16(17)19/h1-4,7-10,14,17,21H,5-6,11-13H2,(H,22,23). The molecule has 1 saturated heterocycles. The first-order chi connectivity index (χ1) is 11.8. The molecule has 4 nitrogen and oxygen atoms in total. The molecule has 1 fully saturated rings. The van der Waals surface area contributed by atoms with Crippen molar-refractivity contribution in [1.82, 2.24) is 10.6 Å². The molecule has 24 heavy (non-hydrogen) atoms. The highest BCUT2D eigenvalue weighted by atomic mass is 16.5. The first kappa shape index (κ1) is 15.2. The van der Waals surface area contributed by atoms with Gasteiger partial charge in [-0.3, -0.25) is 4.79 Å². The molecule has 1 unspecified atom stereocenters. The lowest BCUT2D eigenvalue weighted by molar-refractivity contribution is -0.125. The summed E-state index contributed by atoms with van der Waals surface area (Å²) in [7, 11) is 0. The fourth-order valence-corrected chi connectivity index (χ4v) is 3.65. The summed E-state index contributed by atoms with van der Waals surface area (Å²) < 4.78 is 6.01. The summed E-state index contributed by atoms with van der Waals surface area (Å²) in [6, 6.07) is 16.2. The summed E-state index contributed by atoms with van der Waals surface area (Å²) in [6.07, 6.45) is 2.04. The van der Waals surface area contributed by atoms with Crippen molar-refractivity contribution in [2.45, 2.75) is 18.8 Å². The van der Waals surface area contributed by atoms with E-state index in [2.05, 4.69) is 22.8 Å². The van der Waals surface area contributed by atoms with Gasteiger partial charge in [-0.2, -0.15) is 0 Å². The predicted molar refractivity (Wildman–Crippen MR) is 93.4 cm³/mol. The van der Waals surface area contributed by atoms with Gasteiger partial charge < -0.3 is 15.4 Å². The van der Waals surface area contributed by atoms with Crippen molar-refractivity contribution < 1.29 is 9.53 Å². The summed E-state index contributed by atoms with van der Waals surface area (Å²) in [5.41, 5.74) is 2.27. The lowest BCUT2D eigenvalue weighted by atomic mass is 9.87. The molecule has 124 valence electrons. The Morgan fingerprint density at radius 2 is 1.75 bits per heavy atom. The lowest BCUT2D eigenvalue weighted by Crippen LogP contribution is -2.42. The summed E-state index contributed by atoms with van der Waals surface area (Å²) in [5.74, 6) is 2.14. The van der Waals surface area contributed by atoms with E-state index in [-0.39, 0.29) is 17.7 Å². The number of benzene rings is 2. The second kappa shape index (κ2) is 6.65. The van der Waals surface area contributed by atoms with Crippen LogP contribution in [-0.4, -0.2) is 25.5 Å². The topological polar surface area (TPSA) is 50.4 Å². The van der Waals surface area contributed by atoms with Crippen molar-refractivity contribution in [3.63, 3.8) is 0 Å². The van der Waals surface area contributed by atoms with E-state index < -0.39 is 0 Å². The monoisotopic (exact) mass is 322 g/mol. The first-order valence-electron chi connectivity index (χ1n) is 8.67. The van der Waals surface area contributed by atoms with Gasteiger partial charge in [0.05, 0.1) is 5.92 Å². The van der Waals surface area contributed by atoms with E-state index in [1.807, 2.05) is 36.4 Å². The van der Waals surface area contributed by atoms with Gasteiger partial charge >= 0.3 is 0 Å². The molecule has 0 saturated carbocycles. The van der Waals surface area contributed by atoms with Crippen molar-refractivity contribution in [1.29, 1.82) is 0 Å². The van der Waals surface area contributed by atoms with Gasteiger partial charge in [0.1, 0.15) is 11.5 Å². The van der Waals surface area contributed by atoms with E-state index in [1.54, 1.807) is 0 Å². The number of rotatable bonds is 3. The Bertz CT molecular complexity index is 692. The molecule has 0 radical (unpaired) electrons. The van der Waals surface area contributed by atoms with E-state index in [9.17, 15) is 4.79 Å². The van der Waals surface area contributed by atoms with Crippen LogP contribution in [0.3, 0.4) is 0 Å². The third-order valence-corrected chi connectivity index (χ3v) is 4.96. The van der Waals surface area contributed by atoms with Crippen LogP contribution in [0.2, 0.25) is 0 Å². The minimum atomic E-state index is 0.0871. The van der Waals surface area contributed by atoms with Gasteiger partial charge in [-0.05, 0) is 31.5 Å². The van der Waals surface area contributed by atoms with E-state index in [0.717, 1.165) is 48.6 Å². The third kappa shape index (κ3) is 2.89. The average molecular weight is 322 g/mol. The zero-order chi connectivity index (χ0) is 16.4. The maximum Gasteiger partial charge on any atom is 0.224 e. The molecule has 2 N–H and O–H groups in total. The van der Waals surface area contributed by atoms with Crippen molar-refractivity contribution in [3.05, 3.63) is 59.7 Å². The Hall–Kier alpha value is -2.33. The fourth-order valence-electron chi connectivity index (χ4n) is 3.65. The SMILES string of the molecule is O=C(NCC1c2ccccc2Oc2ccccc21)C1CCCNC1. The van der Waals surface area contributed by atoms with Gasteiger partial charge in [0, 0.05) is 30.1 Å². The largest absolute Gasteiger partial charge is 0.457 e. The Balaban J connectivity index is 1.55. The maximum absolute atomic E-state index is 12.5. The van der Waals surface area contributed by atoms with Crippen LogP contribution >= 0.6 is 0 Å². The van der Waals surface area contributed by atoms with Gasteiger partial charge in [-0.15, -0.1) is 0 Å².